The number of nitrogens with zero attached hydrogens (tertiary/aromatic N) is 4. The molecule has 0 saturated heterocycles. The fraction of sp³-hybridized carbons (Fsp3) is 0.400. The first-order valence-corrected chi connectivity index (χ1v) is 6.29. The van der Waals surface area contributed by atoms with Gasteiger partial charge in [-0.1, -0.05) is 6.07 Å². The van der Waals surface area contributed by atoms with E-state index in [9.17, 15) is 4.79 Å². The van der Waals surface area contributed by atoms with Crippen molar-refractivity contribution in [2.45, 2.75) is 19.6 Å². The number of thiophene rings is 1. The second kappa shape index (κ2) is 5.69. The summed E-state index contributed by atoms with van der Waals surface area (Å²) in [5.74, 6) is 0.249. The van der Waals surface area contributed by atoms with E-state index in [2.05, 4.69) is 20.7 Å². The second-order valence-corrected chi connectivity index (χ2v) is 4.72. The van der Waals surface area contributed by atoms with Gasteiger partial charge in [-0.3, -0.25) is 4.79 Å². The van der Waals surface area contributed by atoms with Crippen molar-refractivity contribution in [2.24, 2.45) is 0 Å². The molecule has 1 unspecified atom stereocenters. The minimum Gasteiger partial charge on any atom is -0.392 e. The molecule has 7 nitrogen and oxygen atoms in total. The van der Waals surface area contributed by atoms with Crippen LogP contribution >= 0.6 is 11.3 Å². The van der Waals surface area contributed by atoms with E-state index < -0.39 is 6.10 Å². The average Bonchev–Trinajstić information content (AvgIpc) is 2.95. The van der Waals surface area contributed by atoms with Crippen LogP contribution in [0, 0.1) is 0 Å². The molecule has 8 heteroatoms. The van der Waals surface area contributed by atoms with E-state index in [-0.39, 0.29) is 19.0 Å². The maximum Gasteiger partial charge on any atom is 0.243 e. The van der Waals surface area contributed by atoms with Crippen molar-refractivity contribution in [2.75, 3.05) is 6.54 Å². The normalized spacial score (nSPS) is 12.3. The number of amides is 1. The van der Waals surface area contributed by atoms with Gasteiger partial charge in [0, 0.05) is 6.54 Å². The van der Waals surface area contributed by atoms with Crippen LogP contribution in [0.1, 0.15) is 6.92 Å². The highest BCUT2D eigenvalue weighted by atomic mass is 32.1. The van der Waals surface area contributed by atoms with Gasteiger partial charge in [0.15, 0.2) is 0 Å². The quantitative estimate of drug-likeness (QED) is 0.789. The molecule has 96 valence electrons. The highest BCUT2D eigenvalue weighted by molar-refractivity contribution is 7.13. The minimum atomic E-state index is -0.570. The van der Waals surface area contributed by atoms with E-state index in [0.717, 1.165) is 4.88 Å². The molecule has 0 aliphatic carbocycles. The van der Waals surface area contributed by atoms with E-state index in [0.29, 0.717) is 5.82 Å². The molecule has 2 heterocycles. The number of carbonyl (C=O) groups is 1. The lowest BCUT2D eigenvalue weighted by molar-refractivity contribution is -0.122. The predicted octanol–water partition coefficient (Wildman–Crippen LogP) is -0.101. The van der Waals surface area contributed by atoms with Crippen LogP contribution in [0.3, 0.4) is 0 Å². The van der Waals surface area contributed by atoms with Crippen molar-refractivity contribution in [1.29, 1.82) is 0 Å². The third-order valence-corrected chi connectivity index (χ3v) is 2.94. The third-order valence-electron chi connectivity index (χ3n) is 2.07. The number of nitrogens with one attached hydrogen (secondary N) is 1. The van der Waals surface area contributed by atoms with Crippen LogP contribution in [0.4, 0.5) is 0 Å². The Hall–Kier alpha value is -1.80. The van der Waals surface area contributed by atoms with Crippen molar-refractivity contribution >= 4 is 17.2 Å². The number of hydrogen-bond donors (Lipinski definition) is 2. The van der Waals surface area contributed by atoms with Crippen LogP contribution in [0.5, 0.6) is 0 Å². The molecule has 18 heavy (non-hydrogen) atoms. The van der Waals surface area contributed by atoms with Crippen molar-refractivity contribution in [3.05, 3.63) is 17.5 Å². The summed E-state index contributed by atoms with van der Waals surface area (Å²) in [7, 11) is 0. The smallest absolute Gasteiger partial charge is 0.243 e. The molecule has 0 fully saturated rings. The lowest BCUT2D eigenvalue weighted by Crippen LogP contribution is -2.33. The van der Waals surface area contributed by atoms with Crippen molar-refractivity contribution < 1.29 is 9.90 Å². The summed E-state index contributed by atoms with van der Waals surface area (Å²) < 4.78 is 0. The summed E-state index contributed by atoms with van der Waals surface area (Å²) in [6.07, 6.45) is -0.570. The van der Waals surface area contributed by atoms with E-state index in [1.807, 2.05) is 17.5 Å². The van der Waals surface area contributed by atoms with Gasteiger partial charge in [-0.15, -0.1) is 21.5 Å². The molecule has 2 N–H and O–H groups in total. The topological polar surface area (TPSA) is 92.9 Å². The zero-order valence-electron chi connectivity index (χ0n) is 9.78. The highest BCUT2D eigenvalue weighted by Gasteiger charge is 2.09. The molecule has 1 atom stereocenters. The number of hydrogen-bond acceptors (Lipinski definition) is 6. The van der Waals surface area contributed by atoms with E-state index in [1.54, 1.807) is 6.92 Å². The lowest BCUT2D eigenvalue weighted by Gasteiger charge is -2.05. The third kappa shape index (κ3) is 3.34. The molecule has 0 bridgehead atoms. The van der Waals surface area contributed by atoms with Gasteiger partial charge in [0.05, 0.1) is 11.0 Å². The summed E-state index contributed by atoms with van der Waals surface area (Å²) in [5, 5.41) is 25.3. The first-order chi connectivity index (χ1) is 8.65. The molecule has 0 radical (unpaired) electrons. The van der Waals surface area contributed by atoms with Crippen molar-refractivity contribution in [1.82, 2.24) is 25.5 Å². The van der Waals surface area contributed by atoms with Gasteiger partial charge in [-0.25, -0.2) is 0 Å². The van der Waals surface area contributed by atoms with Crippen molar-refractivity contribution in [3.8, 4) is 10.7 Å². The molecule has 1 amide bonds. The number of aliphatic hydroxyl groups is 1. The largest absolute Gasteiger partial charge is 0.392 e. The van der Waals surface area contributed by atoms with Crippen LogP contribution in [-0.2, 0) is 11.3 Å². The van der Waals surface area contributed by atoms with Crippen LogP contribution in [0.15, 0.2) is 17.5 Å². The monoisotopic (exact) mass is 267 g/mol. The number of aromatic nitrogens is 4. The predicted molar refractivity (Wildman–Crippen MR) is 65.8 cm³/mol. The second-order valence-electron chi connectivity index (χ2n) is 3.77. The molecule has 0 aromatic carbocycles. The Morgan fingerprint density at radius 3 is 3.17 bits per heavy atom. The Morgan fingerprint density at radius 2 is 2.50 bits per heavy atom. The zero-order valence-corrected chi connectivity index (χ0v) is 10.6. The number of rotatable bonds is 5. The van der Waals surface area contributed by atoms with Crippen molar-refractivity contribution in [3.63, 3.8) is 0 Å². The van der Waals surface area contributed by atoms with Crippen LogP contribution in [-0.4, -0.2) is 43.9 Å². The standard InChI is InChI=1S/C10H13N5O2S/c1-7(16)5-11-9(17)6-15-13-10(12-14-15)8-3-2-4-18-8/h2-4,7,16H,5-6H2,1H3,(H,11,17). The van der Waals surface area contributed by atoms with Gasteiger partial charge >= 0.3 is 0 Å². The fourth-order valence-corrected chi connectivity index (χ4v) is 1.91. The maximum absolute atomic E-state index is 11.5. The summed E-state index contributed by atoms with van der Waals surface area (Å²) in [6, 6.07) is 3.79. The number of aliphatic hydroxyl groups excluding tert-OH is 1. The Labute approximate surface area is 107 Å². The molecule has 0 saturated carbocycles. The lowest BCUT2D eigenvalue weighted by atomic mass is 10.4. The van der Waals surface area contributed by atoms with Gasteiger partial charge in [-0.05, 0) is 23.6 Å². The Bertz CT molecular complexity index is 508. The molecule has 0 spiro atoms. The van der Waals surface area contributed by atoms with E-state index in [4.69, 9.17) is 5.11 Å². The first-order valence-electron chi connectivity index (χ1n) is 5.41. The summed E-state index contributed by atoms with van der Waals surface area (Å²) in [6.45, 7) is 1.80. The van der Waals surface area contributed by atoms with Gasteiger partial charge in [0.2, 0.25) is 11.7 Å². The average molecular weight is 267 g/mol. The van der Waals surface area contributed by atoms with E-state index in [1.165, 1.54) is 16.1 Å². The van der Waals surface area contributed by atoms with Gasteiger partial charge in [0.1, 0.15) is 6.54 Å². The summed E-state index contributed by atoms with van der Waals surface area (Å²) in [4.78, 5) is 13.6. The molecular weight excluding hydrogens is 254 g/mol. The zero-order chi connectivity index (χ0) is 13.0. The van der Waals surface area contributed by atoms with Gasteiger partial charge in [0.25, 0.3) is 0 Å². The first kappa shape index (κ1) is 12.7. The Kier molecular flexibility index (Phi) is 4.00. The van der Waals surface area contributed by atoms with Crippen LogP contribution in [0.2, 0.25) is 0 Å². The molecule has 2 aromatic heterocycles. The molecule has 2 rings (SSSR count). The molecular formula is C10H13N5O2S. The van der Waals surface area contributed by atoms with E-state index >= 15 is 0 Å². The fourth-order valence-electron chi connectivity index (χ4n) is 1.26. The number of carbonyl (C=O) groups excluding carboxylic acids is 1. The minimum absolute atomic E-state index is 0.00883. The summed E-state index contributed by atoms with van der Waals surface area (Å²) in [5.41, 5.74) is 0. The van der Waals surface area contributed by atoms with Crippen LogP contribution < -0.4 is 5.32 Å². The van der Waals surface area contributed by atoms with Gasteiger partial charge in [-0.2, -0.15) is 4.80 Å². The molecule has 0 aliphatic heterocycles. The Balaban J connectivity index is 1.93. The highest BCUT2D eigenvalue weighted by Crippen LogP contribution is 2.19. The molecule has 2 aromatic rings. The maximum atomic E-state index is 11.5. The SMILES string of the molecule is CC(O)CNC(=O)Cn1nnc(-c2cccs2)n1. The number of tetrazole rings is 1. The Morgan fingerprint density at radius 1 is 1.67 bits per heavy atom. The summed E-state index contributed by atoms with van der Waals surface area (Å²) >= 11 is 1.51. The van der Waals surface area contributed by atoms with Gasteiger partial charge < -0.3 is 10.4 Å². The molecule has 0 aliphatic rings. The van der Waals surface area contributed by atoms with Crippen LogP contribution in [0.25, 0.3) is 10.7 Å².